The zero-order valence-electron chi connectivity index (χ0n) is 11.9. The van der Waals surface area contributed by atoms with Gasteiger partial charge in [0.1, 0.15) is 5.76 Å². The minimum absolute atomic E-state index is 0.135. The summed E-state index contributed by atoms with van der Waals surface area (Å²) in [6.45, 7) is 3.78. The highest BCUT2D eigenvalue weighted by atomic mass is 16.3. The Bertz CT molecular complexity index is 719. The number of anilines is 1. The minimum Gasteiger partial charge on any atom is -0.462 e. The first-order chi connectivity index (χ1) is 10.0. The molecule has 1 aromatic carbocycles. The quantitative estimate of drug-likeness (QED) is 0.880. The fraction of sp³-hybridized carbons (Fsp3) is 0.200. The molecule has 0 aliphatic carbocycles. The lowest BCUT2D eigenvalue weighted by atomic mass is 10.1. The summed E-state index contributed by atoms with van der Waals surface area (Å²) >= 11 is 0. The molecule has 3 rings (SSSR count). The molecular weight excluding hydrogens is 266 g/mol. The summed E-state index contributed by atoms with van der Waals surface area (Å²) in [6.07, 6.45) is 0. The monoisotopic (exact) mass is 283 g/mol. The number of nitrogens with two attached hydrogens (primary N) is 2. The fourth-order valence-corrected chi connectivity index (χ4v) is 2.50. The molecule has 6 nitrogen and oxygen atoms in total. The lowest BCUT2D eigenvalue weighted by Gasteiger charge is -2.39. The molecule has 0 saturated carbocycles. The van der Waals surface area contributed by atoms with E-state index in [2.05, 4.69) is 9.98 Å². The molecule has 0 fully saturated rings. The van der Waals surface area contributed by atoms with Gasteiger partial charge in [-0.05, 0) is 38.1 Å². The van der Waals surface area contributed by atoms with Crippen LogP contribution in [0.3, 0.4) is 0 Å². The average molecular weight is 283 g/mol. The Kier molecular flexibility index (Phi) is 2.94. The van der Waals surface area contributed by atoms with Gasteiger partial charge < -0.3 is 15.9 Å². The third-order valence-corrected chi connectivity index (χ3v) is 3.45. The topological polar surface area (TPSA) is 93.1 Å². The van der Waals surface area contributed by atoms with Gasteiger partial charge in [-0.15, -0.1) is 0 Å². The van der Waals surface area contributed by atoms with Crippen molar-refractivity contribution in [3.8, 4) is 0 Å². The summed E-state index contributed by atoms with van der Waals surface area (Å²) in [5.41, 5.74) is 11.9. The molecule has 0 unspecified atom stereocenters. The highest BCUT2D eigenvalue weighted by Gasteiger charge is 2.41. The number of aryl methyl sites for hydroxylation is 1. The van der Waals surface area contributed by atoms with E-state index in [9.17, 15) is 0 Å². The molecule has 6 heteroatoms. The number of aliphatic imine (C=N–C) groups is 2. The van der Waals surface area contributed by atoms with Gasteiger partial charge in [0, 0.05) is 5.69 Å². The van der Waals surface area contributed by atoms with Crippen LogP contribution in [-0.4, -0.2) is 11.9 Å². The Morgan fingerprint density at radius 1 is 1.10 bits per heavy atom. The minimum atomic E-state index is -0.870. The number of rotatable bonds is 2. The van der Waals surface area contributed by atoms with E-state index in [0.29, 0.717) is 5.76 Å². The van der Waals surface area contributed by atoms with Crippen LogP contribution >= 0.6 is 0 Å². The molecule has 1 aliphatic rings. The van der Waals surface area contributed by atoms with Crippen LogP contribution in [0.1, 0.15) is 18.4 Å². The van der Waals surface area contributed by atoms with Crippen molar-refractivity contribution in [1.82, 2.24) is 0 Å². The van der Waals surface area contributed by atoms with Crippen LogP contribution in [0, 0.1) is 6.92 Å². The molecule has 0 amide bonds. The molecule has 2 heterocycles. The molecular formula is C15H17N5O. The molecule has 2 aromatic rings. The van der Waals surface area contributed by atoms with Crippen LogP contribution in [0.2, 0.25) is 0 Å². The van der Waals surface area contributed by atoms with Gasteiger partial charge in [-0.2, -0.15) is 4.99 Å². The predicted octanol–water partition coefficient (Wildman–Crippen LogP) is 1.91. The van der Waals surface area contributed by atoms with Crippen molar-refractivity contribution in [1.29, 1.82) is 0 Å². The van der Waals surface area contributed by atoms with E-state index in [-0.39, 0.29) is 11.9 Å². The van der Waals surface area contributed by atoms with Gasteiger partial charge >= 0.3 is 0 Å². The van der Waals surface area contributed by atoms with Crippen LogP contribution in [0.25, 0.3) is 0 Å². The van der Waals surface area contributed by atoms with Gasteiger partial charge in [-0.1, -0.05) is 18.2 Å². The standard InChI is InChI=1S/C15H17N5O/c1-10-8-9-12(21-10)15(2)19-13(16)18-14(17)20(15)11-6-4-3-5-7-11/h3-9H,1-2H3,(H4,16,17,18,19)/t15-/m0/s1. The highest BCUT2D eigenvalue weighted by molar-refractivity contribution is 6.05. The predicted molar refractivity (Wildman–Crippen MR) is 83.0 cm³/mol. The maximum Gasteiger partial charge on any atom is 0.221 e. The summed E-state index contributed by atoms with van der Waals surface area (Å²) in [4.78, 5) is 10.3. The average Bonchev–Trinajstić information content (AvgIpc) is 2.86. The van der Waals surface area contributed by atoms with Gasteiger partial charge in [0.2, 0.25) is 11.9 Å². The molecule has 1 atom stereocenters. The van der Waals surface area contributed by atoms with Crippen LogP contribution in [0.4, 0.5) is 5.69 Å². The maximum atomic E-state index is 6.09. The van der Waals surface area contributed by atoms with E-state index in [1.807, 2.05) is 61.2 Å². The van der Waals surface area contributed by atoms with Crippen LogP contribution in [0.5, 0.6) is 0 Å². The normalized spacial score (nSPS) is 21.9. The number of para-hydroxylation sites is 1. The van der Waals surface area contributed by atoms with E-state index in [0.717, 1.165) is 11.4 Å². The van der Waals surface area contributed by atoms with Crippen LogP contribution in [-0.2, 0) is 5.66 Å². The third-order valence-electron chi connectivity index (χ3n) is 3.45. The Morgan fingerprint density at radius 3 is 2.43 bits per heavy atom. The summed E-state index contributed by atoms with van der Waals surface area (Å²) in [7, 11) is 0. The van der Waals surface area contributed by atoms with Gasteiger partial charge in [0.15, 0.2) is 11.4 Å². The van der Waals surface area contributed by atoms with Crippen molar-refractivity contribution in [2.75, 3.05) is 4.90 Å². The number of guanidine groups is 2. The van der Waals surface area contributed by atoms with E-state index in [1.165, 1.54) is 0 Å². The van der Waals surface area contributed by atoms with Crippen molar-refractivity contribution in [2.24, 2.45) is 21.5 Å². The van der Waals surface area contributed by atoms with Crippen LogP contribution < -0.4 is 16.4 Å². The van der Waals surface area contributed by atoms with Crippen molar-refractivity contribution in [3.05, 3.63) is 54.0 Å². The van der Waals surface area contributed by atoms with Gasteiger partial charge in [-0.3, -0.25) is 4.90 Å². The summed E-state index contributed by atoms with van der Waals surface area (Å²) in [6, 6.07) is 13.4. The van der Waals surface area contributed by atoms with Crippen molar-refractivity contribution < 1.29 is 4.42 Å². The summed E-state index contributed by atoms with van der Waals surface area (Å²) < 4.78 is 5.76. The zero-order valence-corrected chi connectivity index (χ0v) is 11.9. The SMILES string of the molecule is Cc1ccc([C@@]2(C)N=C(N)N=C(N)N2c2ccccc2)o1. The Morgan fingerprint density at radius 2 is 1.81 bits per heavy atom. The van der Waals surface area contributed by atoms with Gasteiger partial charge in [-0.25, -0.2) is 4.99 Å². The van der Waals surface area contributed by atoms with Crippen molar-refractivity contribution in [2.45, 2.75) is 19.5 Å². The molecule has 108 valence electrons. The Hall–Kier alpha value is -2.76. The third kappa shape index (κ3) is 2.14. The van der Waals surface area contributed by atoms with E-state index in [1.54, 1.807) is 0 Å². The second-order valence-corrected chi connectivity index (χ2v) is 5.04. The number of nitrogens with zero attached hydrogens (tertiary/aromatic N) is 3. The number of furan rings is 1. The first-order valence-electron chi connectivity index (χ1n) is 6.62. The molecule has 21 heavy (non-hydrogen) atoms. The second-order valence-electron chi connectivity index (χ2n) is 5.04. The summed E-state index contributed by atoms with van der Waals surface area (Å²) in [5.74, 6) is 1.88. The largest absolute Gasteiger partial charge is 0.462 e. The van der Waals surface area contributed by atoms with Crippen LogP contribution in [0.15, 0.2) is 56.9 Å². The molecule has 0 radical (unpaired) electrons. The lowest BCUT2D eigenvalue weighted by Crippen LogP contribution is -2.54. The van der Waals surface area contributed by atoms with Gasteiger partial charge in [0.05, 0.1) is 0 Å². The molecule has 1 aliphatic heterocycles. The highest BCUT2D eigenvalue weighted by Crippen LogP contribution is 2.36. The zero-order chi connectivity index (χ0) is 15.0. The van der Waals surface area contributed by atoms with E-state index in [4.69, 9.17) is 15.9 Å². The first-order valence-corrected chi connectivity index (χ1v) is 6.62. The Labute approximate surface area is 122 Å². The fourth-order valence-electron chi connectivity index (χ4n) is 2.50. The second kappa shape index (κ2) is 4.66. The molecule has 0 spiro atoms. The van der Waals surface area contributed by atoms with Crippen molar-refractivity contribution >= 4 is 17.6 Å². The molecule has 1 aromatic heterocycles. The van der Waals surface area contributed by atoms with E-state index < -0.39 is 5.66 Å². The molecule has 4 N–H and O–H groups in total. The number of benzene rings is 1. The van der Waals surface area contributed by atoms with E-state index >= 15 is 0 Å². The lowest BCUT2D eigenvalue weighted by molar-refractivity contribution is 0.366. The molecule has 0 saturated heterocycles. The maximum absolute atomic E-state index is 6.09. The molecule has 0 bridgehead atoms. The summed E-state index contributed by atoms with van der Waals surface area (Å²) in [5, 5.41) is 0. The Balaban J connectivity index is 2.17. The number of hydrogen-bond acceptors (Lipinski definition) is 6. The van der Waals surface area contributed by atoms with Crippen molar-refractivity contribution in [3.63, 3.8) is 0 Å². The smallest absolute Gasteiger partial charge is 0.221 e. The number of hydrogen-bond donors (Lipinski definition) is 2. The van der Waals surface area contributed by atoms with Gasteiger partial charge in [0.25, 0.3) is 0 Å². The first kappa shape index (κ1) is 13.2.